The van der Waals surface area contributed by atoms with Crippen molar-refractivity contribution >= 4 is 5.91 Å². The van der Waals surface area contributed by atoms with Gasteiger partial charge in [-0.15, -0.1) is 0 Å². The number of nitrogens with zero attached hydrogens (tertiary/aromatic N) is 1. The highest BCUT2D eigenvalue weighted by Crippen LogP contribution is 2.16. The average Bonchev–Trinajstić information content (AvgIpc) is 3.15. The summed E-state index contributed by atoms with van der Waals surface area (Å²) in [6, 6.07) is 16.9. The van der Waals surface area contributed by atoms with E-state index in [9.17, 15) is 4.79 Å². The molecule has 134 valence electrons. The molecule has 6 heteroatoms. The van der Waals surface area contributed by atoms with E-state index in [2.05, 4.69) is 10.3 Å². The second-order valence-electron chi connectivity index (χ2n) is 5.62. The van der Waals surface area contributed by atoms with E-state index in [1.165, 1.54) is 0 Å². The van der Waals surface area contributed by atoms with Gasteiger partial charge in [-0.25, -0.2) is 4.98 Å². The van der Waals surface area contributed by atoms with Crippen LogP contribution in [0.25, 0.3) is 0 Å². The normalized spacial score (nSPS) is 10.5. The number of hydrogen-bond acceptors (Lipinski definition) is 5. The van der Waals surface area contributed by atoms with Crippen LogP contribution in [0.4, 0.5) is 0 Å². The van der Waals surface area contributed by atoms with Crippen LogP contribution in [-0.4, -0.2) is 18.0 Å². The molecular weight excluding hydrogens is 332 g/mol. The van der Waals surface area contributed by atoms with Gasteiger partial charge in [-0.2, -0.15) is 0 Å². The number of amides is 1. The molecule has 0 aliphatic rings. The van der Waals surface area contributed by atoms with Crippen molar-refractivity contribution in [2.75, 3.05) is 7.11 Å². The number of ether oxygens (including phenoxy) is 2. The van der Waals surface area contributed by atoms with Crippen LogP contribution < -0.4 is 10.1 Å². The molecule has 0 aliphatic carbocycles. The Morgan fingerprint density at radius 1 is 1.08 bits per heavy atom. The molecule has 1 N–H and O–H groups in total. The summed E-state index contributed by atoms with van der Waals surface area (Å²) in [6.07, 6.45) is 1.66. The fraction of sp³-hybridized carbons (Fsp3) is 0.200. The number of carbonyl (C=O) groups is 1. The third-order valence-electron chi connectivity index (χ3n) is 3.68. The number of benzene rings is 1. The van der Waals surface area contributed by atoms with Crippen molar-refractivity contribution in [3.05, 3.63) is 83.4 Å². The largest absolute Gasteiger partial charge is 0.473 e. The van der Waals surface area contributed by atoms with Crippen molar-refractivity contribution < 1.29 is 18.7 Å². The Kier molecular flexibility index (Phi) is 6.01. The molecule has 26 heavy (non-hydrogen) atoms. The lowest BCUT2D eigenvalue weighted by molar-refractivity contribution is 0.0914. The molecule has 0 saturated heterocycles. The monoisotopic (exact) mass is 352 g/mol. The zero-order chi connectivity index (χ0) is 18.2. The van der Waals surface area contributed by atoms with E-state index in [1.807, 2.05) is 36.4 Å². The summed E-state index contributed by atoms with van der Waals surface area (Å²) in [6.45, 7) is 1.03. The summed E-state index contributed by atoms with van der Waals surface area (Å²) in [5.41, 5.74) is 1.84. The lowest BCUT2D eigenvalue weighted by Gasteiger charge is -2.10. The number of carbonyl (C=O) groups excluding carboxylic acids is 1. The van der Waals surface area contributed by atoms with Gasteiger partial charge in [-0.3, -0.25) is 4.79 Å². The van der Waals surface area contributed by atoms with Crippen LogP contribution in [0.3, 0.4) is 0 Å². The first kappa shape index (κ1) is 17.7. The minimum absolute atomic E-state index is 0.243. The molecule has 1 amide bonds. The van der Waals surface area contributed by atoms with Crippen LogP contribution in [-0.2, 0) is 24.5 Å². The first-order chi connectivity index (χ1) is 12.8. The molecule has 1 aromatic carbocycles. The molecule has 3 rings (SSSR count). The fourth-order valence-electron chi connectivity index (χ4n) is 2.40. The minimum Gasteiger partial charge on any atom is -0.473 e. The highest BCUT2D eigenvalue weighted by molar-refractivity contribution is 5.91. The summed E-state index contributed by atoms with van der Waals surface area (Å²) in [5, 5.41) is 2.82. The topological polar surface area (TPSA) is 73.6 Å². The Balaban J connectivity index is 1.59. The predicted molar refractivity (Wildman–Crippen MR) is 95.6 cm³/mol. The molecule has 0 saturated carbocycles. The summed E-state index contributed by atoms with van der Waals surface area (Å²) in [4.78, 5) is 16.5. The van der Waals surface area contributed by atoms with Crippen molar-refractivity contribution in [1.82, 2.24) is 10.3 Å². The van der Waals surface area contributed by atoms with Crippen molar-refractivity contribution in [2.24, 2.45) is 0 Å². The number of hydrogen-bond donors (Lipinski definition) is 1. The minimum atomic E-state index is -0.301. The van der Waals surface area contributed by atoms with Gasteiger partial charge in [0.2, 0.25) is 5.88 Å². The van der Waals surface area contributed by atoms with Crippen LogP contribution in [0, 0.1) is 0 Å². The number of pyridine rings is 1. The highest BCUT2D eigenvalue weighted by atomic mass is 16.5. The van der Waals surface area contributed by atoms with E-state index in [1.54, 1.807) is 31.5 Å². The van der Waals surface area contributed by atoms with Gasteiger partial charge in [-0.1, -0.05) is 36.4 Å². The van der Waals surface area contributed by atoms with E-state index >= 15 is 0 Å². The Morgan fingerprint density at radius 2 is 1.92 bits per heavy atom. The Bertz CT molecular complexity index is 846. The third-order valence-corrected chi connectivity index (χ3v) is 3.68. The molecule has 3 aromatic rings. The molecule has 6 nitrogen and oxygen atoms in total. The zero-order valence-corrected chi connectivity index (χ0v) is 14.5. The van der Waals surface area contributed by atoms with Gasteiger partial charge in [0.15, 0.2) is 5.76 Å². The number of methoxy groups -OCH3 is 1. The summed E-state index contributed by atoms with van der Waals surface area (Å²) >= 11 is 0. The van der Waals surface area contributed by atoms with Crippen LogP contribution >= 0.6 is 0 Å². The van der Waals surface area contributed by atoms with Crippen LogP contribution in [0.15, 0.2) is 65.2 Å². The Hall–Kier alpha value is -3.12. The third kappa shape index (κ3) is 4.70. The molecule has 0 spiro atoms. The smallest absolute Gasteiger partial charge is 0.287 e. The van der Waals surface area contributed by atoms with E-state index in [0.29, 0.717) is 24.9 Å². The summed E-state index contributed by atoms with van der Waals surface area (Å²) in [7, 11) is 1.57. The van der Waals surface area contributed by atoms with E-state index in [-0.39, 0.29) is 18.2 Å². The van der Waals surface area contributed by atoms with Gasteiger partial charge in [-0.05, 0) is 23.8 Å². The van der Waals surface area contributed by atoms with Gasteiger partial charge in [0.05, 0.1) is 0 Å². The first-order valence-electron chi connectivity index (χ1n) is 8.22. The second kappa shape index (κ2) is 8.82. The van der Waals surface area contributed by atoms with Crippen molar-refractivity contribution in [3.8, 4) is 5.88 Å². The summed E-state index contributed by atoms with van der Waals surface area (Å²) < 4.78 is 16.2. The average molecular weight is 352 g/mol. The van der Waals surface area contributed by atoms with E-state index in [0.717, 1.165) is 11.1 Å². The quantitative estimate of drug-likeness (QED) is 0.673. The fourth-order valence-corrected chi connectivity index (χ4v) is 2.40. The second-order valence-corrected chi connectivity index (χ2v) is 5.62. The maximum absolute atomic E-state index is 12.2. The van der Waals surface area contributed by atoms with Gasteiger partial charge in [0.25, 0.3) is 5.91 Å². The van der Waals surface area contributed by atoms with Gasteiger partial charge in [0.1, 0.15) is 19.0 Å². The van der Waals surface area contributed by atoms with Gasteiger partial charge < -0.3 is 19.2 Å². The molecule has 0 bridgehead atoms. The molecule has 2 heterocycles. The standard InChI is InChI=1S/C20H20N2O4/c1-24-14-17-9-10-18(26-17)19(23)22-12-16-8-5-11-21-20(16)25-13-15-6-3-2-4-7-15/h2-11H,12-14H2,1H3,(H,22,23). The molecule has 2 aromatic heterocycles. The van der Waals surface area contributed by atoms with Crippen LogP contribution in [0.2, 0.25) is 0 Å². The number of rotatable bonds is 8. The van der Waals surface area contributed by atoms with Crippen LogP contribution in [0.5, 0.6) is 5.88 Å². The van der Waals surface area contributed by atoms with Gasteiger partial charge >= 0.3 is 0 Å². The highest BCUT2D eigenvalue weighted by Gasteiger charge is 2.12. The first-order valence-corrected chi connectivity index (χ1v) is 8.22. The Labute approximate surface area is 151 Å². The maximum atomic E-state index is 12.2. The SMILES string of the molecule is COCc1ccc(C(=O)NCc2cccnc2OCc2ccccc2)o1. The summed E-state index contributed by atoms with van der Waals surface area (Å²) in [5.74, 6) is 1.04. The molecule has 0 unspecified atom stereocenters. The molecule has 0 fully saturated rings. The van der Waals surface area contributed by atoms with E-state index in [4.69, 9.17) is 13.9 Å². The van der Waals surface area contributed by atoms with Gasteiger partial charge in [0, 0.05) is 25.4 Å². The zero-order valence-electron chi connectivity index (χ0n) is 14.5. The number of furan rings is 1. The van der Waals surface area contributed by atoms with Crippen molar-refractivity contribution in [1.29, 1.82) is 0 Å². The number of aromatic nitrogens is 1. The molecular formula is C20H20N2O4. The lowest BCUT2D eigenvalue weighted by atomic mass is 10.2. The number of nitrogens with one attached hydrogen (secondary N) is 1. The van der Waals surface area contributed by atoms with Crippen molar-refractivity contribution in [2.45, 2.75) is 19.8 Å². The maximum Gasteiger partial charge on any atom is 0.287 e. The predicted octanol–water partition coefficient (Wildman–Crippen LogP) is 3.33. The lowest BCUT2D eigenvalue weighted by Crippen LogP contribution is -2.22. The molecule has 0 atom stereocenters. The molecule has 0 radical (unpaired) electrons. The van der Waals surface area contributed by atoms with E-state index < -0.39 is 0 Å². The molecule has 0 aliphatic heterocycles. The van der Waals surface area contributed by atoms with Crippen molar-refractivity contribution in [3.63, 3.8) is 0 Å². The Morgan fingerprint density at radius 3 is 2.73 bits per heavy atom. The van der Waals surface area contributed by atoms with Crippen LogP contribution in [0.1, 0.15) is 27.4 Å².